The Hall–Kier alpha value is -2.57. The third-order valence-corrected chi connectivity index (χ3v) is 5.91. The number of rotatable bonds is 7. The number of carbonyl (C=O) groups excluding carboxylic acids is 1. The lowest BCUT2D eigenvalue weighted by atomic mass is 10.0. The van der Waals surface area contributed by atoms with Crippen LogP contribution in [0.15, 0.2) is 48.5 Å². The second-order valence-electron chi connectivity index (χ2n) is 8.14. The summed E-state index contributed by atoms with van der Waals surface area (Å²) in [5.41, 5.74) is 2.42. The fraction of sp³-hybridized carbons (Fsp3) is 0.435. The van der Waals surface area contributed by atoms with Gasteiger partial charge in [-0.15, -0.1) is 0 Å². The highest BCUT2D eigenvalue weighted by Gasteiger charge is 2.28. The number of amides is 1. The normalized spacial score (nSPS) is 21.6. The predicted octanol–water partition coefficient (Wildman–Crippen LogP) is 0.231. The number of hydrogen-bond acceptors (Lipinski definition) is 3. The SMILES string of the molecule is C[C@@H]([NH2+]C1CC[NH+](Cc2ccccc2)CC1)C(=O)NCc1ccc2c(c1)OCO2. The summed E-state index contributed by atoms with van der Waals surface area (Å²) >= 11 is 0. The van der Waals surface area contributed by atoms with E-state index in [1.54, 1.807) is 4.90 Å². The third-order valence-electron chi connectivity index (χ3n) is 5.91. The molecule has 154 valence electrons. The van der Waals surface area contributed by atoms with E-state index in [0.29, 0.717) is 12.6 Å². The van der Waals surface area contributed by atoms with Crippen LogP contribution in [0, 0.1) is 0 Å². The number of likely N-dealkylation sites (tertiary alicyclic amines) is 1. The van der Waals surface area contributed by atoms with E-state index in [2.05, 4.69) is 41.0 Å². The molecule has 2 aromatic rings. The number of hydrogen-bond donors (Lipinski definition) is 3. The highest BCUT2D eigenvalue weighted by molar-refractivity contribution is 5.79. The average Bonchev–Trinajstić information content (AvgIpc) is 3.22. The van der Waals surface area contributed by atoms with Gasteiger partial charge in [0.25, 0.3) is 5.91 Å². The molecule has 2 aromatic carbocycles. The van der Waals surface area contributed by atoms with Gasteiger partial charge in [-0.1, -0.05) is 36.4 Å². The highest BCUT2D eigenvalue weighted by atomic mass is 16.7. The Bertz CT molecular complexity index is 819. The molecule has 6 nitrogen and oxygen atoms in total. The number of piperidine rings is 1. The Morgan fingerprint density at radius 1 is 1.10 bits per heavy atom. The molecule has 0 aromatic heterocycles. The molecule has 1 atom stereocenters. The van der Waals surface area contributed by atoms with Crippen molar-refractivity contribution in [2.45, 2.75) is 44.9 Å². The van der Waals surface area contributed by atoms with Crippen LogP contribution in [0.3, 0.4) is 0 Å². The highest BCUT2D eigenvalue weighted by Crippen LogP contribution is 2.32. The second-order valence-corrected chi connectivity index (χ2v) is 8.14. The molecule has 2 aliphatic rings. The van der Waals surface area contributed by atoms with Crippen molar-refractivity contribution in [2.24, 2.45) is 0 Å². The van der Waals surface area contributed by atoms with Gasteiger partial charge in [0.1, 0.15) is 6.54 Å². The molecule has 0 radical (unpaired) electrons. The van der Waals surface area contributed by atoms with Crippen LogP contribution in [0.5, 0.6) is 11.5 Å². The molecule has 4 N–H and O–H groups in total. The largest absolute Gasteiger partial charge is 0.454 e. The fourth-order valence-electron chi connectivity index (χ4n) is 4.20. The number of fused-ring (bicyclic) bond motifs is 1. The van der Waals surface area contributed by atoms with Crippen molar-refractivity contribution < 1.29 is 24.5 Å². The van der Waals surface area contributed by atoms with E-state index < -0.39 is 0 Å². The first-order valence-electron chi connectivity index (χ1n) is 10.6. The zero-order valence-electron chi connectivity index (χ0n) is 17.0. The Kier molecular flexibility index (Phi) is 6.32. The van der Waals surface area contributed by atoms with Crippen LogP contribution in [-0.4, -0.2) is 37.9 Å². The summed E-state index contributed by atoms with van der Waals surface area (Å²) in [5.74, 6) is 1.60. The van der Waals surface area contributed by atoms with Gasteiger partial charge >= 0.3 is 0 Å². The van der Waals surface area contributed by atoms with Gasteiger partial charge in [0, 0.05) is 24.9 Å². The Morgan fingerprint density at radius 2 is 1.86 bits per heavy atom. The smallest absolute Gasteiger partial charge is 0.278 e. The monoisotopic (exact) mass is 397 g/mol. The van der Waals surface area contributed by atoms with Gasteiger partial charge in [-0.2, -0.15) is 0 Å². The Morgan fingerprint density at radius 3 is 2.66 bits per heavy atom. The topological polar surface area (TPSA) is 68.6 Å². The van der Waals surface area contributed by atoms with Crippen LogP contribution in [0.2, 0.25) is 0 Å². The van der Waals surface area contributed by atoms with Crippen molar-refractivity contribution in [2.75, 3.05) is 19.9 Å². The van der Waals surface area contributed by atoms with Crippen molar-refractivity contribution in [3.8, 4) is 11.5 Å². The standard InChI is InChI=1S/C23H29N3O3/c1-17(23(27)24-14-19-7-8-21-22(13-19)29-16-28-21)25-20-9-11-26(12-10-20)15-18-5-3-2-4-6-18/h2-8,13,17,20,25H,9-12,14-16H2,1H3,(H,24,27)/p+2/t17-/m1/s1. The number of ether oxygens (including phenoxy) is 2. The number of quaternary nitrogens is 2. The van der Waals surface area contributed by atoms with Gasteiger partial charge in [0.15, 0.2) is 17.5 Å². The fourth-order valence-corrected chi connectivity index (χ4v) is 4.20. The summed E-state index contributed by atoms with van der Waals surface area (Å²) in [6.45, 7) is 6.21. The maximum absolute atomic E-state index is 12.5. The summed E-state index contributed by atoms with van der Waals surface area (Å²) in [6, 6.07) is 16.9. The molecule has 0 spiro atoms. The third kappa shape index (κ3) is 5.28. The van der Waals surface area contributed by atoms with Gasteiger partial charge in [-0.3, -0.25) is 4.79 Å². The van der Waals surface area contributed by atoms with Gasteiger partial charge < -0.3 is 25.0 Å². The minimum atomic E-state index is -0.0790. The minimum absolute atomic E-state index is 0.0790. The molecule has 0 unspecified atom stereocenters. The van der Waals surface area contributed by atoms with Crippen LogP contribution in [0.4, 0.5) is 0 Å². The summed E-state index contributed by atoms with van der Waals surface area (Å²) in [5, 5.41) is 5.29. The van der Waals surface area contributed by atoms with E-state index in [9.17, 15) is 4.79 Å². The lowest BCUT2D eigenvalue weighted by molar-refractivity contribution is -0.926. The van der Waals surface area contributed by atoms with E-state index in [1.807, 2.05) is 25.1 Å². The number of nitrogens with two attached hydrogens (primary N) is 1. The van der Waals surface area contributed by atoms with Crippen LogP contribution in [0.1, 0.15) is 30.9 Å². The van der Waals surface area contributed by atoms with Crippen LogP contribution >= 0.6 is 0 Å². The molecule has 6 heteroatoms. The predicted molar refractivity (Wildman–Crippen MR) is 110 cm³/mol. The summed E-state index contributed by atoms with van der Waals surface area (Å²) < 4.78 is 10.7. The summed E-state index contributed by atoms with van der Waals surface area (Å²) in [7, 11) is 0. The van der Waals surface area contributed by atoms with Crippen molar-refractivity contribution >= 4 is 5.91 Å². The molecular weight excluding hydrogens is 366 g/mol. The molecular formula is C23H31N3O3+2. The van der Waals surface area contributed by atoms with E-state index >= 15 is 0 Å². The minimum Gasteiger partial charge on any atom is -0.454 e. The average molecular weight is 398 g/mol. The molecule has 0 aliphatic carbocycles. The lowest BCUT2D eigenvalue weighted by Crippen LogP contribution is -3.14. The van der Waals surface area contributed by atoms with Crippen LogP contribution in [-0.2, 0) is 17.9 Å². The van der Waals surface area contributed by atoms with E-state index in [-0.39, 0.29) is 18.7 Å². The molecule has 1 saturated heterocycles. The summed E-state index contributed by atoms with van der Waals surface area (Å²) in [6.07, 6.45) is 2.31. The van der Waals surface area contributed by atoms with Gasteiger partial charge in [-0.25, -0.2) is 0 Å². The molecule has 2 heterocycles. The molecule has 4 rings (SSSR count). The molecule has 29 heavy (non-hydrogen) atoms. The molecule has 0 saturated carbocycles. The van der Waals surface area contributed by atoms with Crippen molar-refractivity contribution in [3.63, 3.8) is 0 Å². The molecule has 2 aliphatic heterocycles. The second kappa shape index (κ2) is 9.29. The zero-order valence-corrected chi connectivity index (χ0v) is 17.0. The number of carbonyl (C=O) groups is 1. The number of nitrogens with one attached hydrogen (secondary N) is 2. The lowest BCUT2D eigenvalue weighted by Gasteiger charge is -2.29. The zero-order chi connectivity index (χ0) is 20.1. The van der Waals surface area contributed by atoms with E-state index in [1.165, 1.54) is 18.7 Å². The van der Waals surface area contributed by atoms with Gasteiger partial charge in [0.2, 0.25) is 6.79 Å². The maximum atomic E-state index is 12.5. The first-order valence-corrected chi connectivity index (χ1v) is 10.6. The number of benzene rings is 2. The molecule has 1 fully saturated rings. The van der Waals surface area contributed by atoms with E-state index in [4.69, 9.17) is 9.47 Å². The van der Waals surface area contributed by atoms with Crippen LogP contribution in [0.25, 0.3) is 0 Å². The van der Waals surface area contributed by atoms with Gasteiger partial charge in [0.05, 0.1) is 19.1 Å². The Balaban J connectivity index is 1.18. The first-order chi connectivity index (χ1) is 14.2. The Labute approximate surface area is 172 Å². The van der Waals surface area contributed by atoms with Gasteiger partial charge in [-0.05, 0) is 24.6 Å². The van der Waals surface area contributed by atoms with E-state index in [0.717, 1.165) is 36.4 Å². The van der Waals surface area contributed by atoms with Crippen molar-refractivity contribution in [1.82, 2.24) is 5.32 Å². The maximum Gasteiger partial charge on any atom is 0.278 e. The van der Waals surface area contributed by atoms with Crippen molar-refractivity contribution in [1.29, 1.82) is 0 Å². The molecule has 1 amide bonds. The van der Waals surface area contributed by atoms with Crippen LogP contribution < -0.4 is 25.0 Å². The van der Waals surface area contributed by atoms with Crippen molar-refractivity contribution in [3.05, 3.63) is 59.7 Å². The quantitative estimate of drug-likeness (QED) is 0.627. The molecule has 0 bridgehead atoms. The first kappa shape index (κ1) is 19.7. The summed E-state index contributed by atoms with van der Waals surface area (Å²) in [4.78, 5) is 14.2.